The van der Waals surface area contributed by atoms with E-state index in [1.165, 1.54) is 0 Å². The number of hydrogen-bond donors (Lipinski definition) is 0. The lowest BCUT2D eigenvalue weighted by molar-refractivity contribution is 0.344. The zero-order valence-corrected chi connectivity index (χ0v) is 8.73. The van der Waals surface area contributed by atoms with Crippen LogP contribution in [0, 0.1) is 12.3 Å². The number of fused-ring (bicyclic) bond motifs is 1. The number of rotatable bonds is 3. The highest BCUT2D eigenvalue weighted by Gasteiger charge is 2.04. The molecular formula is C13H13NO. The summed E-state index contributed by atoms with van der Waals surface area (Å²) in [6.45, 7) is 3.26. The molecule has 1 aromatic carbocycles. The maximum atomic E-state index is 5.55. The molecule has 2 nitrogen and oxygen atoms in total. The quantitative estimate of drug-likeness (QED) is 0.693. The van der Waals surface area contributed by atoms with Crippen LogP contribution in [0.4, 0.5) is 0 Å². The molecule has 0 aliphatic heterocycles. The summed E-state index contributed by atoms with van der Waals surface area (Å²) in [5, 5.41) is 1.12. The van der Waals surface area contributed by atoms with Gasteiger partial charge in [-0.05, 0) is 25.1 Å². The third kappa shape index (κ3) is 1.69. The second-order valence-corrected chi connectivity index (χ2v) is 3.27. The normalized spacial score (nSPS) is 10.1. The molecule has 0 radical (unpaired) electrons. The molecule has 0 N–H and O–H groups in total. The molecule has 0 saturated heterocycles. The van der Waals surface area contributed by atoms with Gasteiger partial charge in [0.2, 0.25) is 0 Å². The first-order chi connectivity index (χ1) is 7.36. The summed E-state index contributed by atoms with van der Waals surface area (Å²) in [5.74, 6) is 3.56. The predicted molar refractivity (Wildman–Crippen MR) is 61.9 cm³/mol. The average Bonchev–Trinajstić information content (AvgIpc) is 2.64. The van der Waals surface area contributed by atoms with Crippen molar-refractivity contribution in [1.82, 2.24) is 4.57 Å². The van der Waals surface area contributed by atoms with Crippen molar-refractivity contribution in [3.05, 3.63) is 30.5 Å². The second kappa shape index (κ2) is 4.10. The number of ether oxygens (including phenoxy) is 1. The molecule has 76 valence electrons. The molecule has 15 heavy (non-hydrogen) atoms. The van der Waals surface area contributed by atoms with Crippen LogP contribution in [0.2, 0.25) is 0 Å². The molecule has 2 heteroatoms. The molecule has 0 amide bonds. The third-order valence-corrected chi connectivity index (χ3v) is 2.34. The highest BCUT2D eigenvalue weighted by molar-refractivity contribution is 5.86. The molecular weight excluding hydrogens is 186 g/mol. The summed E-state index contributed by atoms with van der Waals surface area (Å²) in [6.07, 6.45) is 7.30. The van der Waals surface area contributed by atoms with Crippen LogP contribution < -0.4 is 4.74 Å². The topological polar surface area (TPSA) is 14.2 Å². The Hall–Kier alpha value is -1.88. The van der Waals surface area contributed by atoms with E-state index in [4.69, 9.17) is 11.2 Å². The summed E-state index contributed by atoms with van der Waals surface area (Å²) >= 11 is 0. The van der Waals surface area contributed by atoms with Gasteiger partial charge in [-0.2, -0.15) is 0 Å². The van der Waals surface area contributed by atoms with Crippen molar-refractivity contribution in [2.45, 2.75) is 13.5 Å². The number of aromatic nitrogens is 1. The Labute approximate surface area is 89.5 Å². The Bertz CT molecular complexity index is 505. The van der Waals surface area contributed by atoms with Gasteiger partial charge in [-0.15, -0.1) is 6.42 Å². The highest BCUT2D eigenvalue weighted by atomic mass is 16.5. The van der Waals surface area contributed by atoms with Crippen LogP contribution in [0.5, 0.6) is 5.75 Å². The Morgan fingerprint density at radius 2 is 2.27 bits per heavy atom. The molecule has 1 aromatic heterocycles. The van der Waals surface area contributed by atoms with Crippen LogP contribution in [-0.2, 0) is 6.54 Å². The Kier molecular flexibility index (Phi) is 2.64. The van der Waals surface area contributed by atoms with Crippen LogP contribution in [0.25, 0.3) is 10.9 Å². The zero-order valence-electron chi connectivity index (χ0n) is 8.73. The minimum atomic E-state index is 0.596. The minimum absolute atomic E-state index is 0.596. The highest BCUT2D eigenvalue weighted by Crippen LogP contribution is 2.26. The van der Waals surface area contributed by atoms with E-state index in [0.717, 1.165) is 16.7 Å². The smallest absolute Gasteiger partial charge is 0.128 e. The van der Waals surface area contributed by atoms with Crippen molar-refractivity contribution in [2.24, 2.45) is 0 Å². The van der Waals surface area contributed by atoms with Crippen LogP contribution in [0.1, 0.15) is 6.92 Å². The number of terminal acetylenes is 1. The van der Waals surface area contributed by atoms with Crippen LogP contribution in [0.15, 0.2) is 30.5 Å². The van der Waals surface area contributed by atoms with E-state index < -0.39 is 0 Å². The number of benzene rings is 1. The number of hydrogen-bond acceptors (Lipinski definition) is 1. The molecule has 0 fully saturated rings. The summed E-state index contributed by atoms with van der Waals surface area (Å²) < 4.78 is 7.59. The van der Waals surface area contributed by atoms with Gasteiger partial charge in [-0.3, -0.25) is 0 Å². The standard InChI is InChI=1S/C13H13NO/c1-3-9-14-10-8-11-12(14)6-5-7-13(11)15-4-2/h1,5-8,10H,4,9H2,2H3. The third-order valence-electron chi connectivity index (χ3n) is 2.34. The van der Waals surface area contributed by atoms with Crippen LogP contribution >= 0.6 is 0 Å². The Morgan fingerprint density at radius 1 is 1.40 bits per heavy atom. The first-order valence-corrected chi connectivity index (χ1v) is 5.01. The summed E-state index contributed by atoms with van der Waals surface area (Å²) in [5.41, 5.74) is 1.12. The van der Waals surface area contributed by atoms with Gasteiger partial charge in [-0.1, -0.05) is 12.0 Å². The molecule has 2 aromatic rings. The molecule has 1 heterocycles. The van der Waals surface area contributed by atoms with E-state index in [2.05, 4.69) is 12.0 Å². The maximum Gasteiger partial charge on any atom is 0.128 e. The van der Waals surface area contributed by atoms with E-state index in [-0.39, 0.29) is 0 Å². The van der Waals surface area contributed by atoms with E-state index in [0.29, 0.717) is 13.2 Å². The molecule has 0 unspecified atom stereocenters. The van der Waals surface area contributed by atoms with E-state index in [1.807, 2.05) is 35.9 Å². The summed E-state index contributed by atoms with van der Waals surface area (Å²) in [6, 6.07) is 8.05. The lowest BCUT2D eigenvalue weighted by Crippen LogP contribution is -1.94. The number of nitrogens with zero attached hydrogens (tertiary/aromatic N) is 1. The Morgan fingerprint density at radius 3 is 3.00 bits per heavy atom. The lowest BCUT2D eigenvalue weighted by Gasteiger charge is -2.05. The molecule has 0 atom stereocenters. The van der Waals surface area contributed by atoms with Gasteiger partial charge >= 0.3 is 0 Å². The first kappa shape index (κ1) is 9.67. The van der Waals surface area contributed by atoms with Crippen molar-refractivity contribution in [2.75, 3.05) is 6.61 Å². The van der Waals surface area contributed by atoms with Gasteiger partial charge < -0.3 is 9.30 Å². The fourth-order valence-electron chi connectivity index (χ4n) is 1.71. The van der Waals surface area contributed by atoms with Crippen molar-refractivity contribution >= 4 is 10.9 Å². The molecule has 0 saturated carbocycles. The molecule has 2 rings (SSSR count). The van der Waals surface area contributed by atoms with Gasteiger partial charge in [0, 0.05) is 11.6 Å². The predicted octanol–water partition coefficient (Wildman–Crippen LogP) is 2.67. The molecule has 0 aliphatic rings. The van der Waals surface area contributed by atoms with Gasteiger partial charge in [0.25, 0.3) is 0 Å². The Balaban J connectivity index is 2.54. The second-order valence-electron chi connectivity index (χ2n) is 3.27. The zero-order chi connectivity index (χ0) is 10.7. The molecule has 0 aliphatic carbocycles. The SMILES string of the molecule is C#CCn1ccc2c(OCC)cccc21. The van der Waals surface area contributed by atoms with Crippen molar-refractivity contribution in [3.8, 4) is 18.1 Å². The van der Waals surface area contributed by atoms with E-state index >= 15 is 0 Å². The maximum absolute atomic E-state index is 5.55. The van der Waals surface area contributed by atoms with Crippen molar-refractivity contribution < 1.29 is 4.74 Å². The molecule has 0 bridgehead atoms. The largest absolute Gasteiger partial charge is 0.493 e. The molecule has 0 spiro atoms. The van der Waals surface area contributed by atoms with Crippen molar-refractivity contribution in [3.63, 3.8) is 0 Å². The van der Waals surface area contributed by atoms with Crippen LogP contribution in [0.3, 0.4) is 0 Å². The van der Waals surface area contributed by atoms with Crippen LogP contribution in [-0.4, -0.2) is 11.2 Å². The van der Waals surface area contributed by atoms with E-state index in [9.17, 15) is 0 Å². The van der Waals surface area contributed by atoms with E-state index in [1.54, 1.807) is 0 Å². The summed E-state index contributed by atoms with van der Waals surface area (Å²) in [4.78, 5) is 0. The first-order valence-electron chi connectivity index (χ1n) is 5.01. The van der Waals surface area contributed by atoms with Gasteiger partial charge in [0.15, 0.2) is 0 Å². The van der Waals surface area contributed by atoms with Crippen molar-refractivity contribution in [1.29, 1.82) is 0 Å². The lowest BCUT2D eigenvalue weighted by atomic mass is 10.2. The van der Waals surface area contributed by atoms with Gasteiger partial charge in [0.1, 0.15) is 5.75 Å². The fraction of sp³-hybridized carbons (Fsp3) is 0.231. The van der Waals surface area contributed by atoms with Gasteiger partial charge in [-0.25, -0.2) is 0 Å². The van der Waals surface area contributed by atoms with Gasteiger partial charge in [0.05, 0.1) is 18.7 Å². The fourth-order valence-corrected chi connectivity index (χ4v) is 1.71. The minimum Gasteiger partial charge on any atom is -0.493 e. The summed E-state index contributed by atoms with van der Waals surface area (Å²) in [7, 11) is 0. The monoisotopic (exact) mass is 199 g/mol. The average molecular weight is 199 g/mol.